The van der Waals surface area contributed by atoms with E-state index in [1.54, 1.807) is 0 Å². The number of benzene rings is 5. The summed E-state index contributed by atoms with van der Waals surface area (Å²) in [6.07, 6.45) is 12.8. The van der Waals surface area contributed by atoms with Crippen LogP contribution in [-0.2, 0) is 11.0 Å². The second kappa shape index (κ2) is 17.0. The van der Waals surface area contributed by atoms with Gasteiger partial charge in [-0.15, -0.1) is 0 Å². The Morgan fingerprint density at radius 2 is 1.18 bits per heavy atom. The van der Waals surface area contributed by atoms with Crippen molar-refractivity contribution in [2.45, 2.75) is 103 Å². The highest BCUT2D eigenvalue weighted by Crippen LogP contribution is 2.61. The number of halogens is 2. The average Bonchev–Trinajstić information content (AvgIpc) is 3.49. The lowest BCUT2D eigenvalue weighted by Gasteiger charge is -2.40. The molecule has 0 spiro atoms. The van der Waals surface area contributed by atoms with Crippen molar-refractivity contribution in [3.8, 4) is 28.4 Å². The number of fused-ring (bicyclic) bond motifs is 8. The zero-order chi connectivity index (χ0) is 38.4. The molecule has 1 aliphatic heterocycles. The molecule has 5 heteroatoms. The predicted octanol–water partition coefficient (Wildman–Crippen LogP) is 13.7. The summed E-state index contributed by atoms with van der Waals surface area (Å²) in [6.45, 7) is 9.26. The smallest absolute Gasteiger partial charge is 0.178 e. The molecule has 0 aromatic heterocycles. The van der Waals surface area contributed by atoms with Crippen molar-refractivity contribution >= 4 is 16.8 Å². The molecule has 1 aliphatic carbocycles. The van der Waals surface area contributed by atoms with Gasteiger partial charge in [-0.05, 0) is 116 Å². The van der Waals surface area contributed by atoms with Crippen LogP contribution in [0.2, 0.25) is 0 Å². The minimum Gasteiger partial charge on any atom is -0.494 e. The predicted molar refractivity (Wildman–Crippen MR) is 223 cm³/mol. The maximum Gasteiger partial charge on any atom is 0.178 e. The summed E-state index contributed by atoms with van der Waals surface area (Å²) in [6, 6.07) is 30.4. The Morgan fingerprint density at radius 3 is 1.75 bits per heavy atom. The molecule has 0 saturated heterocycles. The Bertz CT molecular complexity index is 2050. The standard InChI is InChI=1S/C50H56F2O3/c1-5-31-53-39-19-15-37(16-20-39)50(38-17-21-40(22-18-38)54-32-6-2)28-25-43-47-46(41-23-13-35(3)33-44(41)48(43)55-50)42-24-14-36(4)34-45(42)49(47,26-9-7-11-29-51)27-10-8-12-30-52/h13-25,28,33-34H,5-12,26-27,29-32H2,1-4H3. The molecule has 0 fully saturated rings. The Morgan fingerprint density at radius 1 is 0.618 bits per heavy atom. The van der Waals surface area contributed by atoms with Gasteiger partial charge in [-0.25, -0.2) is 0 Å². The first kappa shape index (κ1) is 38.6. The molecule has 1 heterocycles. The highest BCUT2D eigenvalue weighted by atomic mass is 19.1. The van der Waals surface area contributed by atoms with E-state index in [0.717, 1.165) is 90.7 Å². The molecule has 5 aromatic carbocycles. The first-order valence-corrected chi connectivity index (χ1v) is 20.6. The van der Waals surface area contributed by atoms with E-state index >= 15 is 0 Å². The van der Waals surface area contributed by atoms with E-state index in [-0.39, 0.29) is 18.8 Å². The van der Waals surface area contributed by atoms with Gasteiger partial charge in [0, 0.05) is 27.5 Å². The van der Waals surface area contributed by atoms with Gasteiger partial charge in [0.05, 0.1) is 26.6 Å². The third-order valence-corrected chi connectivity index (χ3v) is 11.6. The van der Waals surface area contributed by atoms with E-state index in [1.807, 2.05) is 24.3 Å². The summed E-state index contributed by atoms with van der Waals surface area (Å²) in [5.74, 6) is 2.54. The molecule has 0 unspecified atom stereocenters. The molecule has 5 aromatic rings. The van der Waals surface area contributed by atoms with Crippen LogP contribution in [0, 0.1) is 13.8 Å². The molecule has 7 rings (SSSR count). The topological polar surface area (TPSA) is 27.7 Å². The van der Waals surface area contributed by atoms with Crippen LogP contribution in [0.3, 0.4) is 0 Å². The fourth-order valence-electron chi connectivity index (χ4n) is 8.99. The number of hydrogen-bond acceptors (Lipinski definition) is 3. The number of unbranched alkanes of at least 4 members (excludes halogenated alkanes) is 4. The number of hydrogen-bond donors (Lipinski definition) is 0. The molecular formula is C50H56F2O3. The molecule has 0 amide bonds. The van der Waals surface area contributed by atoms with Crippen LogP contribution in [0.1, 0.15) is 117 Å². The average molecular weight is 743 g/mol. The number of rotatable bonds is 18. The van der Waals surface area contributed by atoms with Crippen LogP contribution in [0.15, 0.2) is 91.0 Å². The lowest BCUT2D eigenvalue weighted by atomic mass is 9.68. The first-order valence-electron chi connectivity index (χ1n) is 20.6. The van der Waals surface area contributed by atoms with E-state index in [0.29, 0.717) is 26.1 Å². The van der Waals surface area contributed by atoms with Crippen molar-refractivity contribution in [3.63, 3.8) is 0 Å². The van der Waals surface area contributed by atoms with Gasteiger partial charge in [0.1, 0.15) is 17.2 Å². The summed E-state index contributed by atoms with van der Waals surface area (Å²) in [7, 11) is 0. The Labute approximate surface area is 326 Å². The second-order valence-corrected chi connectivity index (χ2v) is 15.6. The Hall–Kier alpha value is -4.64. The van der Waals surface area contributed by atoms with Crippen LogP contribution in [-0.4, -0.2) is 26.6 Å². The van der Waals surface area contributed by atoms with E-state index in [4.69, 9.17) is 14.2 Å². The summed E-state index contributed by atoms with van der Waals surface area (Å²) < 4.78 is 46.6. The largest absolute Gasteiger partial charge is 0.494 e. The van der Waals surface area contributed by atoms with Gasteiger partial charge in [0.15, 0.2) is 5.60 Å². The lowest BCUT2D eigenvalue weighted by Crippen LogP contribution is -2.35. The van der Waals surface area contributed by atoms with Crippen LogP contribution in [0.4, 0.5) is 8.78 Å². The van der Waals surface area contributed by atoms with Gasteiger partial charge in [-0.1, -0.05) is 111 Å². The van der Waals surface area contributed by atoms with Crippen LogP contribution in [0.25, 0.3) is 28.0 Å². The van der Waals surface area contributed by atoms with Crippen molar-refractivity contribution < 1.29 is 23.0 Å². The quantitative estimate of drug-likeness (QED) is 0.0837. The number of ether oxygens (including phenoxy) is 3. The summed E-state index contributed by atoms with van der Waals surface area (Å²) >= 11 is 0. The highest BCUT2D eigenvalue weighted by Gasteiger charge is 2.48. The summed E-state index contributed by atoms with van der Waals surface area (Å²) in [5.41, 5.74) is 9.44. The highest BCUT2D eigenvalue weighted by molar-refractivity contribution is 6.08. The molecule has 0 saturated carbocycles. The third kappa shape index (κ3) is 7.39. The minimum atomic E-state index is -0.933. The molecule has 0 radical (unpaired) electrons. The van der Waals surface area contributed by atoms with E-state index in [1.165, 1.54) is 38.8 Å². The summed E-state index contributed by atoms with van der Waals surface area (Å²) in [4.78, 5) is 0. The molecule has 55 heavy (non-hydrogen) atoms. The van der Waals surface area contributed by atoms with Gasteiger partial charge >= 0.3 is 0 Å². The zero-order valence-corrected chi connectivity index (χ0v) is 33.1. The van der Waals surface area contributed by atoms with Gasteiger partial charge in [0.25, 0.3) is 0 Å². The van der Waals surface area contributed by atoms with Crippen molar-refractivity contribution in [3.05, 3.63) is 130 Å². The number of aryl methyl sites for hydroxylation is 2. The SMILES string of the molecule is CCCOc1ccc(C2(c3ccc(OCCC)cc3)C=Cc3c4c(c5ccc(C)cc5c3O2)-c2ccc(C)cc2C4(CCCCCF)CCCCCF)cc1. The monoisotopic (exact) mass is 742 g/mol. The van der Waals surface area contributed by atoms with Crippen molar-refractivity contribution in [1.82, 2.24) is 0 Å². The van der Waals surface area contributed by atoms with Gasteiger partial charge in [0.2, 0.25) is 0 Å². The maximum absolute atomic E-state index is 13.5. The van der Waals surface area contributed by atoms with Crippen LogP contribution < -0.4 is 14.2 Å². The molecule has 0 atom stereocenters. The zero-order valence-electron chi connectivity index (χ0n) is 33.1. The lowest BCUT2D eigenvalue weighted by molar-refractivity contribution is 0.163. The Kier molecular flexibility index (Phi) is 12.0. The fraction of sp³-hybridized carbons (Fsp3) is 0.400. The second-order valence-electron chi connectivity index (χ2n) is 15.6. The molecule has 3 nitrogen and oxygen atoms in total. The van der Waals surface area contributed by atoms with Crippen molar-refractivity contribution in [2.75, 3.05) is 26.6 Å². The molecule has 0 bridgehead atoms. The minimum absolute atomic E-state index is 0.300. The maximum atomic E-state index is 13.5. The van der Waals surface area contributed by atoms with Crippen LogP contribution in [0.5, 0.6) is 17.2 Å². The molecular weight excluding hydrogens is 687 g/mol. The fourth-order valence-corrected chi connectivity index (χ4v) is 8.99. The molecule has 288 valence electrons. The normalized spacial score (nSPS) is 14.7. The first-order chi connectivity index (χ1) is 26.9. The van der Waals surface area contributed by atoms with Crippen molar-refractivity contribution in [2.24, 2.45) is 0 Å². The Balaban J connectivity index is 1.48. The molecule has 2 aliphatic rings. The van der Waals surface area contributed by atoms with Gasteiger partial charge in [-0.2, -0.15) is 0 Å². The van der Waals surface area contributed by atoms with Gasteiger partial charge in [-0.3, -0.25) is 8.78 Å². The van der Waals surface area contributed by atoms with Crippen LogP contribution >= 0.6 is 0 Å². The molecule has 0 N–H and O–H groups in total. The van der Waals surface area contributed by atoms with E-state index in [9.17, 15) is 8.78 Å². The van der Waals surface area contributed by atoms with Crippen molar-refractivity contribution in [1.29, 1.82) is 0 Å². The third-order valence-electron chi connectivity index (χ3n) is 11.6. The van der Waals surface area contributed by atoms with E-state index in [2.05, 4.69) is 101 Å². The summed E-state index contributed by atoms with van der Waals surface area (Å²) in [5, 5.41) is 2.26. The number of alkyl halides is 2. The van der Waals surface area contributed by atoms with E-state index < -0.39 is 5.60 Å². The van der Waals surface area contributed by atoms with Gasteiger partial charge < -0.3 is 14.2 Å².